The van der Waals surface area contributed by atoms with Gasteiger partial charge < -0.3 is 14.8 Å². The molecular formula is C25H24N8O. The van der Waals surface area contributed by atoms with Gasteiger partial charge in [0.2, 0.25) is 0 Å². The molecule has 9 nitrogen and oxygen atoms in total. The summed E-state index contributed by atoms with van der Waals surface area (Å²) in [4.78, 5) is 29.5. The summed E-state index contributed by atoms with van der Waals surface area (Å²) in [5.74, 6) is 6.70. The highest BCUT2D eigenvalue weighted by atomic mass is 16.1. The first-order chi connectivity index (χ1) is 16.7. The average molecular weight is 453 g/mol. The predicted octanol–water partition coefficient (Wildman–Crippen LogP) is 1.88. The van der Waals surface area contributed by atoms with Crippen molar-refractivity contribution in [3.05, 3.63) is 58.4 Å². The van der Waals surface area contributed by atoms with Gasteiger partial charge in [0.15, 0.2) is 0 Å². The number of rotatable bonds is 4. The molecule has 0 aliphatic carbocycles. The third-order valence-corrected chi connectivity index (χ3v) is 6.00. The van der Waals surface area contributed by atoms with Crippen molar-refractivity contribution in [1.29, 1.82) is 5.26 Å². The van der Waals surface area contributed by atoms with Crippen LogP contribution >= 0.6 is 0 Å². The summed E-state index contributed by atoms with van der Waals surface area (Å²) in [5, 5.41) is 13.4. The first kappa shape index (κ1) is 21.6. The maximum absolute atomic E-state index is 13.7. The highest BCUT2D eigenvalue weighted by molar-refractivity contribution is 5.89. The van der Waals surface area contributed by atoms with Crippen LogP contribution in [0.1, 0.15) is 24.6 Å². The molecule has 1 saturated heterocycles. The minimum atomic E-state index is -0.228. The van der Waals surface area contributed by atoms with E-state index in [1.165, 1.54) is 10.9 Å². The maximum atomic E-state index is 13.7. The predicted molar refractivity (Wildman–Crippen MR) is 130 cm³/mol. The summed E-state index contributed by atoms with van der Waals surface area (Å²) in [7, 11) is 0. The molecule has 1 aliphatic heterocycles. The van der Waals surface area contributed by atoms with Gasteiger partial charge in [-0.1, -0.05) is 18.1 Å². The molecule has 0 bridgehead atoms. The topological polar surface area (TPSA) is 105 Å². The molecule has 0 atom stereocenters. The molecule has 34 heavy (non-hydrogen) atoms. The van der Waals surface area contributed by atoms with E-state index in [-0.39, 0.29) is 12.1 Å². The first-order valence-electron chi connectivity index (χ1n) is 11.3. The number of aromatic nitrogens is 5. The number of nitrogens with one attached hydrogen (secondary N) is 1. The van der Waals surface area contributed by atoms with Gasteiger partial charge in [0.05, 0.1) is 42.3 Å². The Morgan fingerprint density at radius 3 is 2.82 bits per heavy atom. The molecular weight excluding hydrogens is 428 g/mol. The molecule has 0 spiro atoms. The fraction of sp³-hybridized carbons (Fsp3) is 0.320. The van der Waals surface area contributed by atoms with E-state index in [0.29, 0.717) is 28.8 Å². The number of para-hydroxylation sites is 2. The van der Waals surface area contributed by atoms with E-state index in [9.17, 15) is 10.1 Å². The zero-order chi connectivity index (χ0) is 23.5. The number of benzene rings is 1. The van der Waals surface area contributed by atoms with Crippen LogP contribution in [-0.4, -0.2) is 50.3 Å². The van der Waals surface area contributed by atoms with E-state index in [2.05, 4.69) is 43.1 Å². The number of anilines is 1. The molecule has 5 rings (SSSR count). The zero-order valence-electron chi connectivity index (χ0n) is 19.0. The lowest BCUT2D eigenvalue weighted by Gasteiger charge is -2.24. The number of nitrogens with zero attached hydrogens (tertiary/aromatic N) is 7. The van der Waals surface area contributed by atoms with Crippen molar-refractivity contribution in [3.63, 3.8) is 0 Å². The molecule has 0 radical (unpaired) electrons. The Kier molecular flexibility index (Phi) is 5.94. The van der Waals surface area contributed by atoms with Crippen molar-refractivity contribution in [2.75, 3.05) is 31.1 Å². The van der Waals surface area contributed by atoms with Crippen LogP contribution in [0.15, 0.2) is 41.6 Å². The Hall–Kier alpha value is -4.21. The Morgan fingerprint density at radius 2 is 2.00 bits per heavy atom. The molecule has 1 aromatic carbocycles. The van der Waals surface area contributed by atoms with Crippen molar-refractivity contribution in [1.82, 2.24) is 29.4 Å². The smallest absolute Gasteiger partial charge is 0.278 e. The molecule has 0 amide bonds. The van der Waals surface area contributed by atoms with Crippen molar-refractivity contribution >= 4 is 27.9 Å². The molecule has 3 aromatic heterocycles. The van der Waals surface area contributed by atoms with Crippen LogP contribution in [0.25, 0.3) is 22.1 Å². The van der Waals surface area contributed by atoms with Gasteiger partial charge in [-0.05, 0) is 32.0 Å². The van der Waals surface area contributed by atoms with Gasteiger partial charge in [-0.2, -0.15) is 5.26 Å². The van der Waals surface area contributed by atoms with Crippen LogP contribution in [0.2, 0.25) is 0 Å². The lowest BCUT2D eigenvalue weighted by molar-refractivity contribution is 0.715. The molecule has 0 unspecified atom stereocenters. The Bertz CT molecular complexity index is 1520. The van der Waals surface area contributed by atoms with Gasteiger partial charge in [0.1, 0.15) is 28.5 Å². The van der Waals surface area contributed by atoms with E-state index in [1.54, 1.807) is 13.1 Å². The lowest BCUT2D eigenvalue weighted by atomic mass is 10.2. The molecule has 1 N–H and O–H groups in total. The summed E-state index contributed by atoms with van der Waals surface area (Å²) in [5.41, 5.74) is 3.23. The van der Waals surface area contributed by atoms with Gasteiger partial charge >= 0.3 is 0 Å². The van der Waals surface area contributed by atoms with E-state index in [1.807, 2.05) is 28.8 Å². The highest BCUT2D eigenvalue weighted by Gasteiger charge is 2.26. The minimum Gasteiger partial charge on any atom is -0.355 e. The van der Waals surface area contributed by atoms with Crippen LogP contribution < -0.4 is 15.8 Å². The van der Waals surface area contributed by atoms with Gasteiger partial charge in [-0.3, -0.25) is 14.3 Å². The SMILES string of the molecule is CC#CCn1c(N2CCCNCC2)c(C#N)c2ncn(Cc3cnc4ccccc4n3)c(=O)c21. The van der Waals surface area contributed by atoms with Crippen LogP contribution in [0.4, 0.5) is 5.82 Å². The lowest BCUT2D eigenvalue weighted by Crippen LogP contribution is -2.31. The zero-order valence-corrected chi connectivity index (χ0v) is 19.0. The average Bonchev–Trinajstić information content (AvgIpc) is 2.99. The fourth-order valence-corrected chi connectivity index (χ4v) is 4.41. The van der Waals surface area contributed by atoms with Gasteiger partial charge in [-0.25, -0.2) is 9.97 Å². The van der Waals surface area contributed by atoms with Crippen LogP contribution in [0, 0.1) is 23.2 Å². The van der Waals surface area contributed by atoms with Gasteiger partial charge in [0.25, 0.3) is 5.56 Å². The third kappa shape index (κ3) is 3.87. The monoisotopic (exact) mass is 452 g/mol. The second-order valence-corrected chi connectivity index (χ2v) is 8.14. The summed E-state index contributed by atoms with van der Waals surface area (Å²) >= 11 is 0. The molecule has 4 aromatic rings. The Balaban J connectivity index is 1.65. The van der Waals surface area contributed by atoms with Crippen molar-refractivity contribution in [2.45, 2.75) is 26.4 Å². The normalized spacial score (nSPS) is 13.9. The first-order valence-corrected chi connectivity index (χ1v) is 11.3. The number of nitriles is 1. The van der Waals surface area contributed by atoms with E-state index in [0.717, 1.165) is 49.5 Å². The van der Waals surface area contributed by atoms with Crippen molar-refractivity contribution < 1.29 is 0 Å². The van der Waals surface area contributed by atoms with Gasteiger partial charge in [-0.15, -0.1) is 5.92 Å². The Labute approximate surface area is 196 Å². The summed E-state index contributed by atoms with van der Waals surface area (Å²) < 4.78 is 3.37. The van der Waals surface area contributed by atoms with Crippen molar-refractivity contribution in [3.8, 4) is 17.9 Å². The third-order valence-electron chi connectivity index (χ3n) is 6.00. The molecule has 1 aliphatic rings. The quantitative estimate of drug-likeness (QED) is 0.472. The Morgan fingerprint density at radius 1 is 1.15 bits per heavy atom. The van der Waals surface area contributed by atoms with E-state index >= 15 is 0 Å². The second-order valence-electron chi connectivity index (χ2n) is 8.14. The maximum Gasteiger partial charge on any atom is 0.278 e. The number of hydrogen-bond acceptors (Lipinski definition) is 7. The number of hydrogen-bond donors (Lipinski definition) is 1. The summed E-state index contributed by atoms with van der Waals surface area (Å²) in [6.45, 7) is 5.57. The molecule has 9 heteroatoms. The summed E-state index contributed by atoms with van der Waals surface area (Å²) in [6, 6.07) is 9.92. The summed E-state index contributed by atoms with van der Waals surface area (Å²) in [6.07, 6.45) is 4.12. The standard InChI is InChI=1S/C25H24N8O/c1-2-3-12-33-23-22(19(14-26)24(33)31-11-6-9-27-10-13-31)29-17-32(25(23)34)16-18-15-28-20-7-4-5-8-21(20)30-18/h4-5,7-8,15,17,27H,6,9-13,16H2,1H3. The fourth-order valence-electron chi connectivity index (χ4n) is 4.41. The second kappa shape index (κ2) is 9.34. The van der Waals surface area contributed by atoms with Crippen molar-refractivity contribution in [2.24, 2.45) is 0 Å². The highest BCUT2D eigenvalue weighted by Crippen LogP contribution is 2.30. The largest absolute Gasteiger partial charge is 0.355 e. The van der Waals surface area contributed by atoms with Crippen LogP contribution in [0.5, 0.6) is 0 Å². The van der Waals surface area contributed by atoms with Gasteiger partial charge in [0, 0.05) is 19.6 Å². The van der Waals surface area contributed by atoms with Crippen LogP contribution in [0.3, 0.4) is 0 Å². The molecule has 0 saturated carbocycles. The van der Waals surface area contributed by atoms with E-state index < -0.39 is 0 Å². The number of fused-ring (bicyclic) bond motifs is 2. The van der Waals surface area contributed by atoms with E-state index in [4.69, 9.17) is 0 Å². The molecule has 4 heterocycles. The molecule has 1 fully saturated rings. The van der Waals surface area contributed by atoms with Crippen LogP contribution in [-0.2, 0) is 13.1 Å². The molecule has 170 valence electrons. The minimum absolute atomic E-state index is 0.228.